The van der Waals surface area contributed by atoms with Crippen LogP contribution in [-0.2, 0) is 0 Å². The van der Waals surface area contributed by atoms with Crippen LogP contribution in [0.3, 0.4) is 0 Å². The summed E-state index contributed by atoms with van der Waals surface area (Å²) in [4.78, 5) is 23.2. The van der Waals surface area contributed by atoms with E-state index in [0.29, 0.717) is 11.1 Å². The number of hydrogen-bond donors (Lipinski definition) is 2. The zero-order valence-corrected chi connectivity index (χ0v) is 11.1. The molecule has 0 spiro atoms. The summed E-state index contributed by atoms with van der Waals surface area (Å²) >= 11 is 0. The smallest absolute Gasteiger partial charge is 0.251 e. The normalized spacial score (nSPS) is 22.8. The Morgan fingerprint density at radius 3 is 2.11 bits per heavy atom. The molecule has 0 unspecified atom stereocenters. The highest BCUT2D eigenvalue weighted by Gasteiger charge is 2.21. The summed E-state index contributed by atoms with van der Waals surface area (Å²) in [6, 6.07) is 6.82. The van der Waals surface area contributed by atoms with Crippen molar-refractivity contribution in [1.29, 1.82) is 0 Å². The van der Waals surface area contributed by atoms with Gasteiger partial charge in [-0.25, -0.2) is 0 Å². The lowest BCUT2D eigenvalue weighted by Gasteiger charge is -2.26. The molecule has 0 saturated heterocycles. The van der Waals surface area contributed by atoms with E-state index in [-0.39, 0.29) is 23.8 Å². The highest BCUT2D eigenvalue weighted by molar-refractivity contribution is 5.97. The topological polar surface area (TPSA) is 66.4 Å². The first kappa shape index (κ1) is 13.7. The van der Waals surface area contributed by atoms with Gasteiger partial charge in [0.2, 0.25) is 0 Å². The van der Waals surface area contributed by atoms with Gasteiger partial charge in [-0.2, -0.15) is 0 Å². The molecule has 1 aliphatic carbocycles. The van der Waals surface area contributed by atoms with Crippen LogP contribution in [0.2, 0.25) is 0 Å². The molecule has 2 N–H and O–H groups in total. The second-order valence-corrected chi connectivity index (χ2v) is 5.11. The van der Waals surface area contributed by atoms with E-state index in [1.165, 1.54) is 6.92 Å². The molecule has 102 valence electrons. The van der Waals surface area contributed by atoms with Crippen LogP contribution in [-0.4, -0.2) is 28.9 Å². The maximum atomic E-state index is 12.0. The Kier molecular flexibility index (Phi) is 4.32. The second-order valence-electron chi connectivity index (χ2n) is 5.11. The van der Waals surface area contributed by atoms with Gasteiger partial charge in [0, 0.05) is 17.2 Å². The minimum atomic E-state index is -0.219. The molecule has 0 atom stereocenters. The number of carbonyl (C=O) groups excluding carboxylic acids is 2. The first-order chi connectivity index (χ1) is 9.06. The van der Waals surface area contributed by atoms with Gasteiger partial charge in [-0.15, -0.1) is 0 Å². The molecule has 1 saturated carbocycles. The Morgan fingerprint density at radius 2 is 1.58 bits per heavy atom. The van der Waals surface area contributed by atoms with Crippen molar-refractivity contribution >= 4 is 11.7 Å². The third kappa shape index (κ3) is 3.64. The Balaban J connectivity index is 1.94. The van der Waals surface area contributed by atoms with Gasteiger partial charge < -0.3 is 10.4 Å². The fraction of sp³-hybridized carbons (Fsp3) is 0.467. The number of aliphatic hydroxyl groups is 1. The predicted octanol–water partition coefficient (Wildman–Crippen LogP) is 1.92. The van der Waals surface area contributed by atoms with E-state index < -0.39 is 0 Å². The monoisotopic (exact) mass is 261 g/mol. The van der Waals surface area contributed by atoms with Crippen molar-refractivity contribution in [3.8, 4) is 0 Å². The molecule has 19 heavy (non-hydrogen) atoms. The lowest BCUT2D eigenvalue weighted by atomic mass is 9.93. The van der Waals surface area contributed by atoms with Crippen molar-refractivity contribution < 1.29 is 14.7 Å². The Labute approximate surface area is 112 Å². The summed E-state index contributed by atoms with van der Waals surface area (Å²) in [6.45, 7) is 1.50. The number of rotatable bonds is 3. The van der Waals surface area contributed by atoms with Gasteiger partial charge in [0.05, 0.1) is 6.10 Å². The summed E-state index contributed by atoms with van der Waals surface area (Å²) in [6.07, 6.45) is 2.90. The number of carbonyl (C=O) groups is 2. The fourth-order valence-electron chi connectivity index (χ4n) is 2.35. The Bertz CT molecular complexity index is 459. The molecule has 4 nitrogen and oxygen atoms in total. The second kappa shape index (κ2) is 5.97. The summed E-state index contributed by atoms with van der Waals surface area (Å²) in [5.74, 6) is -0.121. The highest BCUT2D eigenvalue weighted by Crippen LogP contribution is 2.18. The molecule has 0 heterocycles. The number of amides is 1. The molecule has 1 aliphatic rings. The van der Waals surface area contributed by atoms with Gasteiger partial charge in [0.25, 0.3) is 5.91 Å². The van der Waals surface area contributed by atoms with E-state index >= 15 is 0 Å². The van der Waals surface area contributed by atoms with Gasteiger partial charge in [-0.3, -0.25) is 9.59 Å². The predicted molar refractivity (Wildman–Crippen MR) is 72.2 cm³/mol. The first-order valence-corrected chi connectivity index (χ1v) is 6.66. The quantitative estimate of drug-likeness (QED) is 0.817. The zero-order valence-electron chi connectivity index (χ0n) is 11.1. The van der Waals surface area contributed by atoms with Crippen molar-refractivity contribution in [2.24, 2.45) is 0 Å². The van der Waals surface area contributed by atoms with Crippen molar-refractivity contribution in [3.63, 3.8) is 0 Å². The van der Waals surface area contributed by atoms with Gasteiger partial charge in [-0.05, 0) is 44.7 Å². The number of aliphatic hydroxyl groups excluding tert-OH is 1. The molecule has 0 aliphatic heterocycles. The number of hydrogen-bond acceptors (Lipinski definition) is 3. The van der Waals surface area contributed by atoms with Crippen LogP contribution in [0.4, 0.5) is 0 Å². The molecular weight excluding hydrogens is 242 g/mol. The number of ketones is 1. The molecule has 1 aromatic rings. The number of nitrogens with one attached hydrogen (secondary N) is 1. The van der Waals surface area contributed by atoms with Crippen LogP contribution in [0.1, 0.15) is 53.3 Å². The van der Waals surface area contributed by atoms with Crippen LogP contribution in [0.25, 0.3) is 0 Å². The number of Topliss-reactive ketones (excluding diaryl/α,β-unsaturated/α-hetero) is 1. The molecule has 1 aromatic carbocycles. The molecule has 0 aromatic heterocycles. The lowest BCUT2D eigenvalue weighted by Crippen LogP contribution is -2.38. The molecule has 4 heteroatoms. The van der Waals surface area contributed by atoms with Crippen molar-refractivity contribution in [2.75, 3.05) is 0 Å². The lowest BCUT2D eigenvalue weighted by molar-refractivity contribution is 0.0867. The highest BCUT2D eigenvalue weighted by atomic mass is 16.3. The summed E-state index contributed by atoms with van der Waals surface area (Å²) < 4.78 is 0. The average Bonchev–Trinajstić information content (AvgIpc) is 2.41. The van der Waals surface area contributed by atoms with E-state index in [4.69, 9.17) is 0 Å². The van der Waals surface area contributed by atoms with Crippen molar-refractivity contribution in [3.05, 3.63) is 35.4 Å². The summed E-state index contributed by atoms with van der Waals surface area (Å²) in [7, 11) is 0. The summed E-state index contributed by atoms with van der Waals surface area (Å²) in [5, 5.41) is 12.4. The minimum Gasteiger partial charge on any atom is -0.393 e. The minimum absolute atomic E-state index is 0.00627. The van der Waals surface area contributed by atoms with Gasteiger partial charge >= 0.3 is 0 Å². The molecule has 0 radical (unpaired) electrons. The summed E-state index contributed by atoms with van der Waals surface area (Å²) in [5.41, 5.74) is 1.17. The van der Waals surface area contributed by atoms with E-state index in [2.05, 4.69) is 5.32 Å². The van der Waals surface area contributed by atoms with E-state index in [0.717, 1.165) is 25.7 Å². The maximum absolute atomic E-state index is 12.0. The molecular formula is C15H19NO3. The Hall–Kier alpha value is -1.68. The Morgan fingerprint density at radius 1 is 1.05 bits per heavy atom. The van der Waals surface area contributed by atoms with Crippen LogP contribution in [0.15, 0.2) is 24.3 Å². The third-order valence-corrected chi connectivity index (χ3v) is 3.59. The van der Waals surface area contributed by atoms with E-state index in [1.54, 1.807) is 24.3 Å². The van der Waals surface area contributed by atoms with Crippen molar-refractivity contribution in [2.45, 2.75) is 44.8 Å². The fourth-order valence-corrected chi connectivity index (χ4v) is 2.35. The van der Waals surface area contributed by atoms with Gasteiger partial charge in [0.1, 0.15) is 0 Å². The molecule has 0 bridgehead atoms. The van der Waals surface area contributed by atoms with Crippen LogP contribution >= 0.6 is 0 Å². The largest absolute Gasteiger partial charge is 0.393 e. The standard InChI is InChI=1S/C15H19NO3/c1-10(17)11-2-4-12(5-3-11)15(19)16-13-6-8-14(18)9-7-13/h2-5,13-14,18H,6-9H2,1H3,(H,16,19). The molecule has 1 amide bonds. The number of benzene rings is 1. The van der Waals surface area contributed by atoms with Gasteiger partial charge in [-0.1, -0.05) is 12.1 Å². The molecule has 1 fully saturated rings. The average molecular weight is 261 g/mol. The van der Waals surface area contributed by atoms with Crippen LogP contribution < -0.4 is 5.32 Å². The maximum Gasteiger partial charge on any atom is 0.251 e. The van der Waals surface area contributed by atoms with Crippen molar-refractivity contribution in [1.82, 2.24) is 5.32 Å². The third-order valence-electron chi connectivity index (χ3n) is 3.59. The van der Waals surface area contributed by atoms with Crippen LogP contribution in [0, 0.1) is 0 Å². The van der Waals surface area contributed by atoms with Gasteiger partial charge in [0.15, 0.2) is 5.78 Å². The van der Waals surface area contributed by atoms with E-state index in [1.807, 2.05) is 0 Å². The van der Waals surface area contributed by atoms with Crippen LogP contribution in [0.5, 0.6) is 0 Å². The molecule has 2 rings (SSSR count). The zero-order chi connectivity index (χ0) is 13.8. The first-order valence-electron chi connectivity index (χ1n) is 6.66. The van der Waals surface area contributed by atoms with E-state index in [9.17, 15) is 14.7 Å². The SMILES string of the molecule is CC(=O)c1ccc(C(=O)NC2CCC(O)CC2)cc1.